The summed E-state index contributed by atoms with van der Waals surface area (Å²) in [5, 5.41) is 14.7. The molecule has 0 bridgehead atoms. The fourth-order valence-corrected chi connectivity index (χ4v) is 4.32. The van der Waals surface area contributed by atoms with Crippen LogP contribution < -0.4 is 16.2 Å². The first-order valence-corrected chi connectivity index (χ1v) is 10.1. The Morgan fingerprint density at radius 3 is 2.77 bits per heavy atom. The third-order valence-corrected chi connectivity index (χ3v) is 5.77. The zero-order chi connectivity index (χ0) is 21.5. The van der Waals surface area contributed by atoms with Crippen molar-refractivity contribution < 1.29 is 0 Å². The van der Waals surface area contributed by atoms with E-state index in [1.165, 1.54) is 10.8 Å². The molecule has 1 saturated heterocycles. The summed E-state index contributed by atoms with van der Waals surface area (Å²) >= 11 is 6.28. The van der Waals surface area contributed by atoms with E-state index in [0.717, 1.165) is 12.8 Å². The number of benzene rings is 1. The fourth-order valence-electron chi connectivity index (χ4n) is 4.09. The van der Waals surface area contributed by atoms with Gasteiger partial charge in [0.1, 0.15) is 29.3 Å². The average molecular weight is 433 g/mol. The Morgan fingerprint density at radius 2 is 2.00 bits per heavy atom. The Labute approximate surface area is 181 Å². The van der Waals surface area contributed by atoms with Crippen molar-refractivity contribution in [1.29, 1.82) is 5.26 Å². The van der Waals surface area contributed by atoms with Crippen LogP contribution in [-0.2, 0) is 0 Å². The van der Waals surface area contributed by atoms with Crippen LogP contribution in [0.3, 0.4) is 0 Å². The van der Waals surface area contributed by atoms with Gasteiger partial charge in [0.25, 0.3) is 5.56 Å². The lowest BCUT2D eigenvalue weighted by Crippen LogP contribution is -2.33. The van der Waals surface area contributed by atoms with Crippen LogP contribution in [-0.4, -0.2) is 30.7 Å². The van der Waals surface area contributed by atoms with Crippen LogP contribution in [0.2, 0.25) is 5.02 Å². The maximum atomic E-state index is 13.5. The number of nitriles is 1. The van der Waals surface area contributed by atoms with Gasteiger partial charge in [-0.25, -0.2) is 14.5 Å². The molecule has 0 saturated carbocycles. The number of fused-ring (bicyclic) bond motifs is 1. The van der Waals surface area contributed by atoms with Gasteiger partial charge in [-0.3, -0.25) is 9.36 Å². The molecule has 1 aliphatic heterocycles. The van der Waals surface area contributed by atoms with Gasteiger partial charge < -0.3 is 10.6 Å². The van der Waals surface area contributed by atoms with Crippen molar-refractivity contribution in [3.63, 3.8) is 0 Å². The molecule has 154 valence electrons. The smallest absolute Gasteiger partial charge is 0.284 e. The molecule has 0 amide bonds. The molecule has 1 aromatic carbocycles. The molecule has 5 rings (SSSR count). The average Bonchev–Trinajstić information content (AvgIpc) is 3.41. The summed E-state index contributed by atoms with van der Waals surface area (Å²) in [4.78, 5) is 23.7. The van der Waals surface area contributed by atoms with Gasteiger partial charge in [-0.1, -0.05) is 29.8 Å². The second-order valence-corrected chi connectivity index (χ2v) is 7.62. The van der Waals surface area contributed by atoms with Crippen molar-refractivity contribution in [2.24, 2.45) is 0 Å². The van der Waals surface area contributed by atoms with Crippen LogP contribution in [0.15, 0.2) is 53.7 Å². The largest absolute Gasteiger partial charge is 0.382 e. The van der Waals surface area contributed by atoms with Gasteiger partial charge >= 0.3 is 0 Å². The van der Waals surface area contributed by atoms with Crippen LogP contribution in [0, 0.1) is 11.3 Å². The van der Waals surface area contributed by atoms with E-state index in [1.54, 1.807) is 16.8 Å². The van der Waals surface area contributed by atoms with Gasteiger partial charge in [0.15, 0.2) is 11.6 Å². The zero-order valence-electron chi connectivity index (χ0n) is 16.3. The first kappa shape index (κ1) is 19.1. The summed E-state index contributed by atoms with van der Waals surface area (Å²) in [7, 11) is 0. The molecule has 2 N–H and O–H groups in total. The quantitative estimate of drug-likeness (QED) is 0.528. The van der Waals surface area contributed by atoms with Gasteiger partial charge in [-0.05, 0) is 31.0 Å². The molecular formula is C21H17ClN8O. The minimum Gasteiger partial charge on any atom is -0.382 e. The summed E-state index contributed by atoms with van der Waals surface area (Å²) in [5.41, 5.74) is 6.86. The number of aromatic nitrogens is 5. The minimum atomic E-state index is -0.292. The van der Waals surface area contributed by atoms with Crippen LogP contribution >= 0.6 is 11.6 Å². The summed E-state index contributed by atoms with van der Waals surface area (Å²) in [5.74, 6) is 1.10. The highest BCUT2D eigenvalue weighted by molar-refractivity contribution is 6.33. The SMILES string of the molecule is N#Cc1c(N)ncnc1N1CCC[C@H]1c1nn2ccc(Cl)c2c(=O)n1-c1ccccc1. The Balaban J connectivity index is 1.76. The molecule has 9 nitrogen and oxygen atoms in total. The molecule has 0 aliphatic carbocycles. The first-order chi connectivity index (χ1) is 15.1. The molecule has 10 heteroatoms. The standard InChI is InChI=1S/C21H17ClN8O/c22-15-8-10-29-17(15)21(31)30(13-5-2-1-3-6-13)20(27-29)16-7-4-9-28(16)19-14(11-23)18(24)25-12-26-19/h1-3,5-6,8,10,12,16H,4,7,9H2,(H2,24,25,26)/t16-/m0/s1. The van der Waals surface area contributed by atoms with E-state index in [4.69, 9.17) is 22.4 Å². The Morgan fingerprint density at radius 1 is 1.19 bits per heavy atom. The number of nitrogens with zero attached hydrogens (tertiary/aromatic N) is 7. The molecule has 1 aliphatic rings. The van der Waals surface area contributed by atoms with Gasteiger partial charge in [0.05, 0.1) is 16.8 Å². The van der Waals surface area contributed by atoms with E-state index in [2.05, 4.69) is 16.0 Å². The third kappa shape index (κ3) is 3.00. The Bertz CT molecular complexity index is 1390. The summed E-state index contributed by atoms with van der Waals surface area (Å²) in [6, 6.07) is 12.8. The number of anilines is 2. The lowest BCUT2D eigenvalue weighted by molar-refractivity contribution is 0.600. The number of nitrogens with two attached hydrogens (primary N) is 1. The molecule has 0 radical (unpaired) electrons. The number of halogens is 1. The van der Waals surface area contributed by atoms with Crippen molar-refractivity contribution in [2.75, 3.05) is 17.2 Å². The Hall–Kier alpha value is -3.90. The third-order valence-electron chi connectivity index (χ3n) is 5.47. The van der Waals surface area contributed by atoms with Crippen molar-refractivity contribution in [2.45, 2.75) is 18.9 Å². The van der Waals surface area contributed by atoms with E-state index in [9.17, 15) is 10.1 Å². The molecule has 1 fully saturated rings. The summed E-state index contributed by atoms with van der Waals surface area (Å²) in [6.45, 7) is 0.644. The number of para-hydroxylation sites is 1. The van der Waals surface area contributed by atoms with Crippen molar-refractivity contribution in [3.8, 4) is 11.8 Å². The van der Waals surface area contributed by atoms with Crippen molar-refractivity contribution >= 4 is 28.8 Å². The Kier molecular flexibility index (Phi) is 4.56. The van der Waals surface area contributed by atoms with Gasteiger partial charge in [-0.15, -0.1) is 0 Å². The van der Waals surface area contributed by atoms with Crippen LogP contribution in [0.25, 0.3) is 11.2 Å². The molecule has 4 heterocycles. The molecule has 3 aromatic heterocycles. The highest BCUT2D eigenvalue weighted by atomic mass is 35.5. The van der Waals surface area contributed by atoms with E-state index in [1.807, 2.05) is 35.2 Å². The molecule has 31 heavy (non-hydrogen) atoms. The second kappa shape index (κ2) is 7.41. The molecule has 0 spiro atoms. The highest BCUT2D eigenvalue weighted by Gasteiger charge is 2.34. The highest BCUT2D eigenvalue weighted by Crippen LogP contribution is 2.37. The number of nitrogen functional groups attached to an aromatic ring is 1. The van der Waals surface area contributed by atoms with Gasteiger partial charge in [-0.2, -0.15) is 10.4 Å². The van der Waals surface area contributed by atoms with E-state index in [-0.39, 0.29) is 23.0 Å². The molecule has 0 unspecified atom stereocenters. The molecule has 1 atom stereocenters. The van der Waals surface area contributed by atoms with E-state index in [0.29, 0.717) is 34.4 Å². The number of hydrogen-bond acceptors (Lipinski definition) is 7. The predicted molar refractivity (Wildman–Crippen MR) is 116 cm³/mol. The molecule has 4 aromatic rings. The summed E-state index contributed by atoms with van der Waals surface area (Å²) < 4.78 is 3.09. The van der Waals surface area contributed by atoms with Gasteiger partial charge in [0.2, 0.25) is 0 Å². The van der Waals surface area contributed by atoms with Gasteiger partial charge in [0, 0.05) is 12.7 Å². The van der Waals surface area contributed by atoms with Crippen LogP contribution in [0.4, 0.5) is 11.6 Å². The predicted octanol–water partition coefficient (Wildman–Crippen LogP) is 2.72. The van der Waals surface area contributed by atoms with Crippen molar-refractivity contribution in [3.05, 3.63) is 75.7 Å². The maximum absolute atomic E-state index is 13.5. The topological polar surface area (TPSA) is 118 Å². The normalized spacial score (nSPS) is 16.0. The lowest BCUT2D eigenvalue weighted by atomic mass is 10.1. The minimum absolute atomic E-state index is 0.124. The number of rotatable bonds is 3. The number of hydrogen-bond donors (Lipinski definition) is 1. The summed E-state index contributed by atoms with van der Waals surface area (Å²) in [6.07, 6.45) is 4.58. The second-order valence-electron chi connectivity index (χ2n) is 7.21. The van der Waals surface area contributed by atoms with Crippen molar-refractivity contribution in [1.82, 2.24) is 24.1 Å². The first-order valence-electron chi connectivity index (χ1n) is 9.72. The maximum Gasteiger partial charge on any atom is 0.284 e. The zero-order valence-corrected chi connectivity index (χ0v) is 17.1. The van der Waals surface area contributed by atoms with E-state index >= 15 is 0 Å². The van der Waals surface area contributed by atoms with E-state index < -0.39 is 0 Å². The monoisotopic (exact) mass is 432 g/mol. The van der Waals surface area contributed by atoms with Crippen LogP contribution in [0.1, 0.15) is 30.3 Å². The lowest BCUT2D eigenvalue weighted by Gasteiger charge is -2.27. The fraction of sp³-hybridized carbons (Fsp3) is 0.190. The molecular weight excluding hydrogens is 416 g/mol. The van der Waals surface area contributed by atoms with Crippen LogP contribution in [0.5, 0.6) is 0 Å².